The largest absolute Gasteiger partial charge is 0.471 e. The zero-order valence-electron chi connectivity index (χ0n) is 16.6. The van der Waals surface area contributed by atoms with Crippen LogP contribution in [0.2, 0.25) is 0 Å². The van der Waals surface area contributed by atoms with Gasteiger partial charge < -0.3 is 19.5 Å². The highest BCUT2D eigenvalue weighted by Crippen LogP contribution is 2.31. The number of amides is 2. The molecular weight excluding hydrogens is 453 g/mol. The molecule has 10 nitrogen and oxygen atoms in total. The van der Waals surface area contributed by atoms with Crippen molar-refractivity contribution in [3.63, 3.8) is 0 Å². The highest BCUT2D eigenvalue weighted by Gasteiger charge is 2.38. The molecule has 4 rings (SSSR count). The number of aryl methyl sites for hydroxylation is 1. The van der Waals surface area contributed by atoms with Crippen LogP contribution in [0.3, 0.4) is 0 Å². The lowest BCUT2D eigenvalue weighted by Crippen LogP contribution is -2.53. The predicted molar refractivity (Wildman–Crippen MR) is 104 cm³/mol. The molecule has 1 aliphatic rings. The molecule has 2 amide bonds. The van der Waals surface area contributed by atoms with E-state index in [1.165, 1.54) is 23.0 Å². The fraction of sp³-hybridized carbons (Fsp3) is 0.389. The van der Waals surface area contributed by atoms with Crippen LogP contribution in [0.15, 0.2) is 29.0 Å². The Labute approximate surface area is 182 Å². The van der Waals surface area contributed by atoms with Crippen LogP contribution in [0.5, 0.6) is 0 Å². The third-order valence-corrected chi connectivity index (χ3v) is 5.74. The van der Waals surface area contributed by atoms with Crippen molar-refractivity contribution in [1.82, 2.24) is 30.1 Å². The van der Waals surface area contributed by atoms with Crippen molar-refractivity contribution in [2.45, 2.75) is 12.2 Å². The third-order valence-electron chi connectivity index (χ3n) is 4.66. The van der Waals surface area contributed by atoms with Crippen molar-refractivity contribution >= 4 is 23.2 Å². The molecule has 3 aromatic heterocycles. The van der Waals surface area contributed by atoms with Gasteiger partial charge in [0.15, 0.2) is 0 Å². The molecule has 4 heterocycles. The molecule has 0 bridgehead atoms. The number of hydrogen-bond acceptors (Lipinski definition) is 8. The molecule has 1 atom stereocenters. The lowest BCUT2D eigenvalue weighted by Gasteiger charge is -2.35. The molecule has 0 aliphatic carbocycles. The smallest absolute Gasteiger partial charge is 0.377 e. The second-order valence-corrected chi connectivity index (χ2v) is 8.01. The highest BCUT2D eigenvalue weighted by molar-refractivity contribution is 7.17. The molecule has 0 spiro atoms. The lowest BCUT2D eigenvalue weighted by atomic mass is 10.2. The van der Waals surface area contributed by atoms with Crippen molar-refractivity contribution in [2.75, 3.05) is 26.3 Å². The quantitative estimate of drug-likeness (QED) is 0.605. The second-order valence-electron chi connectivity index (χ2n) is 6.92. The summed E-state index contributed by atoms with van der Waals surface area (Å²) in [5, 5.41) is 10.1. The van der Waals surface area contributed by atoms with Gasteiger partial charge in [0.1, 0.15) is 0 Å². The Morgan fingerprint density at radius 3 is 2.84 bits per heavy atom. The topological polar surface area (TPSA) is 115 Å². The summed E-state index contributed by atoms with van der Waals surface area (Å²) < 4.78 is 49.1. The molecule has 1 saturated heterocycles. The molecule has 32 heavy (non-hydrogen) atoms. The summed E-state index contributed by atoms with van der Waals surface area (Å²) in [4.78, 5) is 30.8. The number of nitrogens with one attached hydrogen (secondary N) is 1. The van der Waals surface area contributed by atoms with Gasteiger partial charge in [-0.3, -0.25) is 14.3 Å². The molecule has 0 radical (unpaired) electrons. The zero-order valence-corrected chi connectivity index (χ0v) is 17.4. The van der Waals surface area contributed by atoms with Gasteiger partial charge in [-0.2, -0.15) is 23.3 Å². The Kier molecular flexibility index (Phi) is 5.97. The van der Waals surface area contributed by atoms with E-state index >= 15 is 0 Å². The highest BCUT2D eigenvalue weighted by atomic mass is 32.1. The molecule has 3 aromatic rings. The summed E-state index contributed by atoms with van der Waals surface area (Å²) in [6.45, 7) is 1.15. The number of thiophene rings is 1. The van der Waals surface area contributed by atoms with Crippen LogP contribution < -0.4 is 5.32 Å². The molecule has 0 aromatic carbocycles. The van der Waals surface area contributed by atoms with E-state index in [-0.39, 0.29) is 40.7 Å². The summed E-state index contributed by atoms with van der Waals surface area (Å²) in [5.41, 5.74) is 0.437. The van der Waals surface area contributed by atoms with Crippen LogP contribution in [0.4, 0.5) is 13.2 Å². The number of halogens is 3. The monoisotopic (exact) mass is 470 g/mol. The minimum Gasteiger partial charge on any atom is -0.377 e. The zero-order chi connectivity index (χ0) is 22.9. The molecule has 0 saturated carbocycles. The Balaban J connectivity index is 1.39. The molecule has 14 heteroatoms. The number of alkyl halides is 3. The molecule has 1 unspecified atom stereocenters. The van der Waals surface area contributed by atoms with Crippen molar-refractivity contribution in [3.05, 3.63) is 40.9 Å². The number of rotatable bonds is 5. The fourth-order valence-corrected chi connectivity index (χ4v) is 3.95. The maximum atomic E-state index is 12.8. The van der Waals surface area contributed by atoms with Crippen molar-refractivity contribution in [2.24, 2.45) is 7.05 Å². The van der Waals surface area contributed by atoms with Gasteiger partial charge in [0.25, 0.3) is 11.8 Å². The van der Waals surface area contributed by atoms with Gasteiger partial charge in [-0.1, -0.05) is 5.16 Å². The van der Waals surface area contributed by atoms with Crippen molar-refractivity contribution < 1.29 is 32.0 Å². The van der Waals surface area contributed by atoms with Crippen molar-refractivity contribution in [3.8, 4) is 10.7 Å². The van der Waals surface area contributed by atoms with Crippen LogP contribution in [-0.4, -0.2) is 69.0 Å². The molecule has 1 N–H and O–H groups in total. The SMILES string of the molecule is Cn1cc(C(=O)N2CCOCC2CNC(=O)c2ccc(-c3noc(C(F)(F)F)n3)s2)cn1. The number of carbonyl (C=O) groups excluding carboxylic acids is 2. The molecule has 170 valence electrons. The third kappa shape index (κ3) is 4.65. The van der Waals surface area contributed by atoms with Gasteiger partial charge in [0.2, 0.25) is 5.82 Å². The Hall–Kier alpha value is -3.26. The standard InChI is InChI=1S/C18H17F3N6O4S/c1-26-8-10(6-23-26)16(29)27-4-5-30-9-11(27)7-22-15(28)13-3-2-12(32-13)14-24-17(31-25-14)18(19,20)21/h2-3,6,8,11H,4-5,7,9H2,1H3,(H,22,28). The molecule has 1 aliphatic heterocycles. The summed E-state index contributed by atoms with van der Waals surface area (Å²) in [6, 6.07) is 2.51. The van der Waals surface area contributed by atoms with E-state index in [1.807, 2.05) is 0 Å². The number of carbonyl (C=O) groups is 2. The van der Waals surface area contributed by atoms with E-state index in [2.05, 4.69) is 25.1 Å². The summed E-state index contributed by atoms with van der Waals surface area (Å²) >= 11 is 0.924. The van der Waals surface area contributed by atoms with E-state index in [0.717, 1.165) is 11.3 Å². The van der Waals surface area contributed by atoms with E-state index in [0.29, 0.717) is 18.7 Å². The van der Waals surface area contributed by atoms with Crippen LogP contribution in [0.1, 0.15) is 25.9 Å². The predicted octanol–water partition coefficient (Wildman–Crippen LogP) is 1.82. The minimum absolute atomic E-state index is 0.137. The first-order valence-electron chi connectivity index (χ1n) is 9.39. The van der Waals surface area contributed by atoms with Crippen LogP contribution >= 0.6 is 11.3 Å². The Bertz CT molecular complexity index is 1120. The first-order valence-corrected chi connectivity index (χ1v) is 10.2. The number of aromatic nitrogens is 4. The summed E-state index contributed by atoms with van der Waals surface area (Å²) in [6.07, 6.45) is -1.66. The Morgan fingerprint density at radius 2 is 2.16 bits per heavy atom. The van der Waals surface area contributed by atoms with Gasteiger partial charge in [0, 0.05) is 26.3 Å². The van der Waals surface area contributed by atoms with Gasteiger partial charge in [-0.05, 0) is 12.1 Å². The first-order chi connectivity index (χ1) is 15.2. The molecular formula is C18H17F3N6O4S. The van der Waals surface area contributed by atoms with Crippen LogP contribution in [0, 0.1) is 0 Å². The number of ether oxygens (including phenoxy) is 1. The van der Waals surface area contributed by atoms with E-state index in [4.69, 9.17) is 4.74 Å². The maximum Gasteiger partial charge on any atom is 0.471 e. The number of morpholine rings is 1. The number of nitrogens with zero attached hydrogens (tertiary/aromatic N) is 5. The van der Waals surface area contributed by atoms with Crippen molar-refractivity contribution in [1.29, 1.82) is 0 Å². The summed E-state index contributed by atoms with van der Waals surface area (Å²) in [5.74, 6) is -2.37. The minimum atomic E-state index is -4.75. The first kappa shape index (κ1) is 22.0. The van der Waals surface area contributed by atoms with Crippen LogP contribution in [0.25, 0.3) is 10.7 Å². The lowest BCUT2D eigenvalue weighted by molar-refractivity contribution is -0.159. The van der Waals surface area contributed by atoms with Gasteiger partial charge in [-0.15, -0.1) is 11.3 Å². The average molecular weight is 470 g/mol. The maximum absolute atomic E-state index is 12.8. The van der Waals surface area contributed by atoms with E-state index in [1.54, 1.807) is 18.1 Å². The van der Waals surface area contributed by atoms with E-state index < -0.39 is 18.0 Å². The summed E-state index contributed by atoms with van der Waals surface area (Å²) in [7, 11) is 1.71. The van der Waals surface area contributed by atoms with E-state index in [9.17, 15) is 22.8 Å². The van der Waals surface area contributed by atoms with Gasteiger partial charge >= 0.3 is 12.1 Å². The fourth-order valence-electron chi connectivity index (χ4n) is 3.11. The average Bonchev–Trinajstić information content (AvgIpc) is 3.51. The van der Waals surface area contributed by atoms with Gasteiger partial charge in [-0.25, -0.2) is 0 Å². The molecule has 1 fully saturated rings. The van der Waals surface area contributed by atoms with Gasteiger partial charge in [0.05, 0.1) is 40.8 Å². The van der Waals surface area contributed by atoms with Crippen LogP contribution in [-0.2, 0) is 18.0 Å². The second kappa shape index (κ2) is 8.70. The number of hydrogen-bond donors (Lipinski definition) is 1. The normalized spacial score (nSPS) is 16.9. The Morgan fingerprint density at radius 1 is 1.34 bits per heavy atom.